The van der Waals surface area contributed by atoms with Gasteiger partial charge in [-0.3, -0.25) is 9.59 Å². The molecule has 3 aromatic carbocycles. The summed E-state index contributed by atoms with van der Waals surface area (Å²) in [6.07, 6.45) is 0.357. The van der Waals surface area contributed by atoms with Gasteiger partial charge in [0.1, 0.15) is 6.04 Å². The van der Waals surface area contributed by atoms with Crippen molar-refractivity contribution in [3.63, 3.8) is 0 Å². The molecule has 0 heterocycles. The first-order chi connectivity index (χ1) is 13.3. The maximum atomic E-state index is 12.8. The van der Waals surface area contributed by atoms with Crippen molar-refractivity contribution >= 4 is 22.6 Å². The number of fused-ring (bicyclic) bond motifs is 1. The molecule has 0 bridgehead atoms. The van der Waals surface area contributed by atoms with Gasteiger partial charge in [-0.25, -0.2) is 0 Å². The number of hydrogen-bond donors (Lipinski definition) is 2. The molecule has 144 valence electrons. The van der Waals surface area contributed by atoms with Crippen molar-refractivity contribution < 1.29 is 9.59 Å². The SMILES string of the molecule is CC(C)(C)c1ccc(C[C@H](NC(=O)c2cccc3ccccc23)C(N)=O)cc1. The Bertz CT molecular complexity index is 996. The second kappa shape index (κ2) is 7.85. The second-order valence-corrected chi connectivity index (χ2v) is 8.11. The number of nitrogens with two attached hydrogens (primary N) is 1. The van der Waals surface area contributed by atoms with E-state index in [4.69, 9.17) is 5.73 Å². The van der Waals surface area contributed by atoms with Crippen LogP contribution >= 0.6 is 0 Å². The molecule has 0 fully saturated rings. The summed E-state index contributed by atoms with van der Waals surface area (Å²) in [5.74, 6) is -0.847. The number of nitrogens with one attached hydrogen (secondary N) is 1. The Hall–Kier alpha value is -3.14. The zero-order valence-electron chi connectivity index (χ0n) is 16.5. The average Bonchev–Trinajstić information content (AvgIpc) is 2.66. The van der Waals surface area contributed by atoms with E-state index in [0.717, 1.165) is 16.3 Å². The van der Waals surface area contributed by atoms with E-state index >= 15 is 0 Å². The highest BCUT2D eigenvalue weighted by molar-refractivity contribution is 6.08. The third-order valence-corrected chi connectivity index (χ3v) is 4.94. The monoisotopic (exact) mass is 374 g/mol. The lowest BCUT2D eigenvalue weighted by atomic mass is 9.86. The van der Waals surface area contributed by atoms with Crippen LogP contribution in [0.2, 0.25) is 0 Å². The maximum Gasteiger partial charge on any atom is 0.252 e. The van der Waals surface area contributed by atoms with E-state index in [1.807, 2.05) is 48.5 Å². The van der Waals surface area contributed by atoms with Crippen molar-refractivity contribution in [2.75, 3.05) is 0 Å². The summed E-state index contributed by atoms with van der Waals surface area (Å²) < 4.78 is 0. The molecular weight excluding hydrogens is 348 g/mol. The highest BCUT2D eigenvalue weighted by Crippen LogP contribution is 2.23. The lowest BCUT2D eigenvalue weighted by molar-refractivity contribution is -0.119. The van der Waals surface area contributed by atoms with Crippen LogP contribution in [-0.2, 0) is 16.6 Å². The van der Waals surface area contributed by atoms with Crippen molar-refractivity contribution in [1.82, 2.24) is 5.32 Å². The topological polar surface area (TPSA) is 72.2 Å². The van der Waals surface area contributed by atoms with Crippen LogP contribution in [0.15, 0.2) is 66.7 Å². The number of amides is 2. The van der Waals surface area contributed by atoms with Crippen molar-refractivity contribution in [1.29, 1.82) is 0 Å². The molecule has 3 N–H and O–H groups in total. The van der Waals surface area contributed by atoms with Gasteiger partial charge in [-0.2, -0.15) is 0 Å². The van der Waals surface area contributed by atoms with E-state index in [0.29, 0.717) is 12.0 Å². The van der Waals surface area contributed by atoms with E-state index < -0.39 is 11.9 Å². The van der Waals surface area contributed by atoms with Gasteiger partial charge in [0.05, 0.1) is 0 Å². The van der Waals surface area contributed by atoms with E-state index in [9.17, 15) is 9.59 Å². The van der Waals surface area contributed by atoms with Crippen LogP contribution in [0.25, 0.3) is 10.8 Å². The summed E-state index contributed by atoms with van der Waals surface area (Å²) in [5, 5.41) is 4.63. The molecule has 0 saturated carbocycles. The number of carbonyl (C=O) groups is 2. The quantitative estimate of drug-likeness (QED) is 0.709. The first kappa shape index (κ1) is 19.6. The molecule has 4 nitrogen and oxygen atoms in total. The molecule has 0 aliphatic carbocycles. The van der Waals surface area contributed by atoms with Crippen LogP contribution in [0.4, 0.5) is 0 Å². The molecule has 0 spiro atoms. The molecule has 2 amide bonds. The smallest absolute Gasteiger partial charge is 0.252 e. The zero-order chi connectivity index (χ0) is 20.3. The summed E-state index contributed by atoms with van der Waals surface area (Å²) in [7, 11) is 0. The fraction of sp³-hybridized carbons (Fsp3) is 0.250. The van der Waals surface area contributed by atoms with Crippen LogP contribution in [0.3, 0.4) is 0 Å². The predicted molar refractivity (Wildman–Crippen MR) is 113 cm³/mol. The molecule has 1 atom stereocenters. The molecule has 0 saturated heterocycles. The molecular formula is C24H26N2O2. The normalized spacial score (nSPS) is 12.5. The lowest BCUT2D eigenvalue weighted by Gasteiger charge is -2.20. The van der Waals surface area contributed by atoms with Crippen LogP contribution in [0, 0.1) is 0 Å². The summed E-state index contributed by atoms with van der Waals surface area (Å²) in [5.41, 5.74) is 8.33. The standard InChI is InChI=1S/C24H26N2O2/c1-24(2,3)18-13-11-16(12-14-18)15-21(22(25)27)26-23(28)20-10-6-8-17-7-4-5-9-19(17)20/h4-14,21H,15H2,1-3H3,(H2,25,27)(H,26,28)/t21-/m0/s1. The van der Waals surface area contributed by atoms with Crippen LogP contribution < -0.4 is 11.1 Å². The molecule has 3 aromatic rings. The minimum absolute atomic E-state index is 0.0597. The number of primary amides is 1. The molecule has 0 aliphatic rings. The average molecular weight is 374 g/mol. The molecule has 0 aliphatic heterocycles. The molecule has 4 heteroatoms. The Labute approximate surface area is 165 Å². The first-order valence-electron chi connectivity index (χ1n) is 9.43. The molecule has 0 unspecified atom stereocenters. The maximum absolute atomic E-state index is 12.8. The van der Waals surface area contributed by atoms with E-state index in [-0.39, 0.29) is 11.3 Å². The Morgan fingerprint density at radius 3 is 2.21 bits per heavy atom. The summed E-state index contributed by atoms with van der Waals surface area (Å²) in [6, 6.07) is 20.5. The van der Waals surface area contributed by atoms with E-state index in [1.54, 1.807) is 6.07 Å². The van der Waals surface area contributed by atoms with Gasteiger partial charge < -0.3 is 11.1 Å². The van der Waals surface area contributed by atoms with Crippen LogP contribution in [0.5, 0.6) is 0 Å². The van der Waals surface area contributed by atoms with Crippen molar-refractivity contribution in [3.8, 4) is 0 Å². The number of carbonyl (C=O) groups excluding carboxylic acids is 2. The number of benzene rings is 3. The largest absolute Gasteiger partial charge is 0.368 e. The van der Waals surface area contributed by atoms with E-state index in [2.05, 4.69) is 38.2 Å². The minimum atomic E-state index is -0.771. The van der Waals surface area contributed by atoms with Gasteiger partial charge in [0.15, 0.2) is 0 Å². The third kappa shape index (κ3) is 4.39. The van der Waals surface area contributed by atoms with Crippen molar-refractivity contribution in [2.45, 2.75) is 38.6 Å². The molecule has 3 rings (SSSR count). The van der Waals surface area contributed by atoms with Gasteiger partial charge in [-0.05, 0) is 33.4 Å². The van der Waals surface area contributed by atoms with Gasteiger partial charge in [0.2, 0.25) is 5.91 Å². The lowest BCUT2D eigenvalue weighted by Crippen LogP contribution is -2.45. The summed E-state index contributed by atoms with van der Waals surface area (Å²) >= 11 is 0. The Morgan fingerprint density at radius 1 is 0.929 bits per heavy atom. The molecule has 28 heavy (non-hydrogen) atoms. The van der Waals surface area contributed by atoms with Gasteiger partial charge in [0.25, 0.3) is 5.91 Å². The Kier molecular flexibility index (Phi) is 5.50. The van der Waals surface area contributed by atoms with Gasteiger partial charge in [-0.1, -0.05) is 81.4 Å². The highest BCUT2D eigenvalue weighted by Gasteiger charge is 2.21. The predicted octanol–water partition coefficient (Wildman–Crippen LogP) is 3.96. The van der Waals surface area contributed by atoms with Gasteiger partial charge in [0, 0.05) is 12.0 Å². The minimum Gasteiger partial charge on any atom is -0.368 e. The van der Waals surface area contributed by atoms with Gasteiger partial charge >= 0.3 is 0 Å². The zero-order valence-corrected chi connectivity index (χ0v) is 16.5. The first-order valence-corrected chi connectivity index (χ1v) is 9.43. The highest BCUT2D eigenvalue weighted by atomic mass is 16.2. The van der Waals surface area contributed by atoms with Crippen molar-refractivity contribution in [2.24, 2.45) is 5.73 Å². The number of hydrogen-bond acceptors (Lipinski definition) is 2. The van der Waals surface area contributed by atoms with Crippen molar-refractivity contribution in [3.05, 3.63) is 83.4 Å². The third-order valence-electron chi connectivity index (χ3n) is 4.94. The molecule has 0 aromatic heterocycles. The van der Waals surface area contributed by atoms with E-state index in [1.165, 1.54) is 5.56 Å². The fourth-order valence-electron chi connectivity index (χ4n) is 3.26. The summed E-state index contributed by atoms with van der Waals surface area (Å²) in [4.78, 5) is 24.8. The fourth-order valence-corrected chi connectivity index (χ4v) is 3.26. The van der Waals surface area contributed by atoms with Crippen LogP contribution in [-0.4, -0.2) is 17.9 Å². The molecule has 0 radical (unpaired) electrons. The Morgan fingerprint density at radius 2 is 1.57 bits per heavy atom. The van der Waals surface area contributed by atoms with Crippen LogP contribution in [0.1, 0.15) is 42.3 Å². The number of rotatable bonds is 5. The summed E-state index contributed by atoms with van der Waals surface area (Å²) in [6.45, 7) is 6.45. The second-order valence-electron chi connectivity index (χ2n) is 8.11. The Balaban J connectivity index is 1.79. The van der Waals surface area contributed by atoms with Gasteiger partial charge in [-0.15, -0.1) is 0 Å².